The van der Waals surface area contributed by atoms with Crippen LogP contribution in [0.5, 0.6) is 0 Å². The summed E-state index contributed by atoms with van der Waals surface area (Å²) < 4.78 is 1.73. The molecule has 0 atom stereocenters. The molecular formula is C11H8BrCl3N2. The first-order valence-corrected chi connectivity index (χ1v) is 7.03. The quantitative estimate of drug-likeness (QED) is 0.698. The number of halogens is 4. The molecule has 1 heterocycles. The molecule has 1 aromatic carbocycles. The summed E-state index contributed by atoms with van der Waals surface area (Å²) in [5.41, 5.74) is 2.36. The first-order chi connectivity index (χ1) is 8.04. The number of aryl methyl sites for hydroxylation is 1. The predicted molar refractivity (Wildman–Crippen MR) is 76.3 cm³/mol. The minimum atomic E-state index is 0.540. The van der Waals surface area contributed by atoms with E-state index >= 15 is 0 Å². The molecule has 0 aliphatic heterocycles. The lowest BCUT2D eigenvalue weighted by Crippen LogP contribution is -1.95. The van der Waals surface area contributed by atoms with Crippen LogP contribution in [-0.2, 0) is 12.4 Å². The fourth-order valence-corrected chi connectivity index (χ4v) is 3.16. The van der Waals surface area contributed by atoms with Crippen LogP contribution in [0.25, 0.3) is 11.3 Å². The summed E-state index contributed by atoms with van der Waals surface area (Å²) in [4.78, 5) is 0. The Balaban J connectivity index is 2.61. The average molecular weight is 354 g/mol. The zero-order valence-corrected chi connectivity index (χ0v) is 12.7. The first kappa shape index (κ1) is 13.2. The molecule has 17 heavy (non-hydrogen) atoms. The molecule has 0 N–H and O–H groups in total. The van der Waals surface area contributed by atoms with E-state index in [2.05, 4.69) is 21.0 Å². The highest BCUT2D eigenvalue weighted by Crippen LogP contribution is 2.35. The van der Waals surface area contributed by atoms with Crippen LogP contribution in [-0.4, -0.2) is 9.78 Å². The normalized spacial score (nSPS) is 10.9. The van der Waals surface area contributed by atoms with E-state index in [9.17, 15) is 0 Å². The van der Waals surface area contributed by atoms with E-state index in [4.69, 9.17) is 34.8 Å². The van der Waals surface area contributed by atoms with Crippen LogP contribution in [0, 0.1) is 0 Å². The highest BCUT2D eigenvalue weighted by atomic mass is 79.9. The third-order valence-corrected chi connectivity index (χ3v) is 3.89. The Morgan fingerprint density at radius 1 is 1.29 bits per heavy atom. The van der Waals surface area contributed by atoms with Gasteiger partial charge in [0.05, 0.1) is 15.7 Å². The second-order valence-electron chi connectivity index (χ2n) is 3.49. The molecule has 0 amide bonds. The Morgan fingerprint density at radius 3 is 2.53 bits per heavy atom. The third-order valence-electron chi connectivity index (χ3n) is 2.41. The second-order valence-corrected chi connectivity index (χ2v) is 5.27. The largest absolute Gasteiger partial charge is 0.270 e. The van der Waals surface area contributed by atoms with Crippen molar-refractivity contribution in [2.45, 2.75) is 5.33 Å². The number of nitrogens with zero attached hydrogens (tertiary/aromatic N) is 2. The summed E-state index contributed by atoms with van der Waals surface area (Å²) in [5.74, 6) is 0. The minimum Gasteiger partial charge on any atom is -0.270 e. The van der Waals surface area contributed by atoms with Crippen molar-refractivity contribution in [3.05, 3.63) is 39.0 Å². The lowest BCUT2D eigenvalue weighted by molar-refractivity contribution is 0.740. The molecular weight excluding hydrogens is 346 g/mol. The lowest BCUT2D eigenvalue weighted by Gasteiger charge is -2.01. The van der Waals surface area contributed by atoms with Gasteiger partial charge in [-0.05, 0) is 18.2 Å². The molecule has 0 fully saturated rings. The Hall–Kier alpha value is -0.220. The van der Waals surface area contributed by atoms with E-state index < -0.39 is 0 Å². The van der Waals surface area contributed by atoms with Crippen LogP contribution in [0.15, 0.2) is 18.2 Å². The molecule has 2 aromatic rings. The molecule has 0 saturated heterocycles. The molecule has 2 nitrogen and oxygen atoms in total. The van der Waals surface area contributed by atoms with Gasteiger partial charge in [-0.1, -0.05) is 50.7 Å². The number of rotatable bonds is 2. The van der Waals surface area contributed by atoms with Gasteiger partial charge in [0.1, 0.15) is 5.69 Å². The molecule has 0 radical (unpaired) electrons. The van der Waals surface area contributed by atoms with Crippen molar-refractivity contribution in [1.82, 2.24) is 9.78 Å². The van der Waals surface area contributed by atoms with Gasteiger partial charge in [0, 0.05) is 23.0 Å². The van der Waals surface area contributed by atoms with Crippen molar-refractivity contribution >= 4 is 50.7 Å². The van der Waals surface area contributed by atoms with E-state index in [1.54, 1.807) is 16.8 Å². The molecule has 0 saturated carbocycles. The standard InChI is InChI=1S/C11H8BrCl3N2/c1-17-9(5-12)10(15)11(16-17)7-3-2-6(13)4-8(7)14/h2-4H,5H2,1H3. The van der Waals surface area contributed by atoms with Gasteiger partial charge in [-0.3, -0.25) is 4.68 Å². The third kappa shape index (κ3) is 2.48. The summed E-state index contributed by atoms with van der Waals surface area (Å²) in [5, 5.41) is 6.74. The van der Waals surface area contributed by atoms with Gasteiger partial charge in [0.15, 0.2) is 0 Å². The number of aromatic nitrogens is 2. The van der Waals surface area contributed by atoms with Gasteiger partial charge in [-0.2, -0.15) is 5.10 Å². The second kappa shape index (κ2) is 5.19. The zero-order valence-electron chi connectivity index (χ0n) is 8.85. The Labute approximate surface area is 123 Å². The fraction of sp³-hybridized carbons (Fsp3) is 0.182. The van der Waals surface area contributed by atoms with Crippen LogP contribution in [0.2, 0.25) is 15.1 Å². The number of benzene rings is 1. The summed E-state index contributed by atoms with van der Waals surface area (Å²) >= 11 is 21.6. The van der Waals surface area contributed by atoms with Gasteiger partial charge < -0.3 is 0 Å². The van der Waals surface area contributed by atoms with Crippen LogP contribution in [0.1, 0.15) is 5.69 Å². The lowest BCUT2D eigenvalue weighted by atomic mass is 10.1. The van der Waals surface area contributed by atoms with Crippen molar-refractivity contribution in [2.75, 3.05) is 0 Å². The molecule has 0 unspecified atom stereocenters. The van der Waals surface area contributed by atoms with Crippen molar-refractivity contribution in [2.24, 2.45) is 7.05 Å². The van der Waals surface area contributed by atoms with Crippen molar-refractivity contribution in [3.8, 4) is 11.3 Å². The Morgan fingerprint density at radius 2 is 2.00 bits per heavy atom. The van der Waals surface area contributed by atoms with E-state index in [0.29, 0.717) is 26.1 Å². The molecule has 2 rings (SSSR count). The fourth-order valence-electron chi connectivity index (χ4n) is 1.53. The van der Waals surface area contributed by atoms with Gasteiger partial charge in [-0.15, -0.1) is 0 Å². The van der Waals surface area contributed by atoms with Gasteiger partial charge in [-0.25, -0.2) is 0 Å². The first-order valence-electron chi connectivity index (χ1n) is 4.77. The monoisotopic (exact) mass is 352 g/mol. The van der Waals surface area contributed by atoms with Gasteiger partial charge in [0.25, 0.3) is 0 Å². The number of hydrogen-bond acceptors (Lipinski definition) is 1. The van der Waals surface area contributed by atoms with Crippen LogP contribution < -0.4 is 0 Å². The molecule has 0 bridgehead atoms. The van der Waals surface area contributed by atoms with E-state index in [1.807, 2.05) is 13.1 Å². The highest BCUT2D eigenvalue weighted by Gasteiger charge is 2.17. The molecule has 90 valence electrons. The number of alkyl halides is 1. The molecule has 0 aliphatic carbocycles. The molecule has 6 heteroatoms. The summed E-state index contributed by atoms with van der Waals surface area (Å²) in [6.07, 6.45) is 0. The maximum atomic E-state index is 6.27. The average Bonchev–Trinajstić information content (AvgIpc) is 2.54. The van der Waals surface area contributed by atoms with E-state index in [-0.39, 0.29) is 0 Å². The Kier molecular flexibility index (Phi) is 4.03. The maximum absolute atomic E-state index is 6.27. The van der Waals surface area contributed by atoms with Crippen LogP contribution in [0.3, 0.4) is 0 Å². The van der Waals surface area contributed by atoms with Crippen LogP contribution >= 0.6 is 50.7 Å². The molecule has 0 spiro atoms. The van der Waals surface area contributed by atoms with Crippen molar-refractivity contribution in [1.29, 1.82) is 0 Å². The zero-order chi connectivity index (χ0) is 12.6. The number of hydrogen-bond donors (Lipinski definition) is 0. The smallest absolute Gasteiger partial charge is 0.113 e. The summed E-state index contributed by atoms with van der Waals surface area (Å²) in [6, 6.07) is 5.26. The molecule has 0 aliphatic rings. The SMILES string of the molecule is Cn1nc(-c2ccc(Cl)cc2Cl)c(Cl)c1CBr. The molecule has 1 aromatic heterocycles. The summed E-state index contributed by atoms with van der Waals surface area (Å²) in [7, 11) is 1.84. The topological polar surface area (TPSA) is 17.8 Å². The Bertz CT molecular complexity index is 566. The van der Waals surface area contributed by atoms with E-state index in [1.165, 1.54) is 0 Å². The van der Waals surface area contributed by atoms with E-state index in [0.717, 1.165) is 11.3 Å². The highest BCUT2D eigenvalue weighted by molar-refractivity contribution is 9.08. The minimum absolute atomic E-state index is 0.540. The maximum Gasteiger partial charge on any atom is 0.113 e. The van der Waals surface area contributed by atoms with Crippen LogP contribution in [0.4, 0.5) is 0 Å². The van der Waals surface area contributed by atoms with Gasteiger partial charge >= 0.3 is 0 Å². The van der Waals surface area contributed by atoms with Crippen molar-refractivity contribution < 1.29 is 0 Å². The summed E-state index contributed by atoms with van der Waals surface area (Å²) in [6.45, 7) is 0. The van der Waals surface area contributed by atoms with Crippen molar-refractivity contribution in [3.63, 3.8) is 0 Å². The van der Waals surface area contributed by atoms with Gasteiger partial charge in [0.2, 0.25) is 0 Å². The predicted octanol–water partition coefficient (Wildman–Crippen LogP) is 4.94.